The van der Waals surface area contributed by atoms with Crippen LogP contribution in [0.15, 0.2) is 114 Å². The summed E-state index contributed by atoms with van der Waals surface area (Å²) in [6, 6.07) is 30.3. The first-order valence-corrected chi connectivity index (χ1v) is 16.6. The molecule has 9 nitrogen and oxygen atoms in total. The monoisotopic (exact) mass is 643 g/mol. The van der Waals surface area contributed by atoms with Gasteiger partial charge in [-0.25, -0.2) is 8.42 Å². The second-order valence-corrected chi connectivity index (χ2v) is 12.8. The molecule has 0 aliphatic heterocycles. The molecule has 242 valence electrons. The first-order valence-electron chi connectivity index (χ1n) is 15.1. The Balaban J connectivity index is 1.82. The van der Waals surface area contributed by atoms with Gasteiger partial charge in [0.25, 0.3) is 10.0 Å². The molecule has 1 N–H and O–H groups in total. The lowest BCUT2D eigenvalue weighted by atomic mass is 10.0. The van der Waals surface area contributed by atoms with Crippen molar-refractivity contribution in [1.82, 2.24) is 10.2 Å². The van der Waals surface area contributed by atoms with E-state index in [9.17, 15) is 18.0 Å². The van der Waals surface area contributed by atoms with Crippen LogP contribution in [0.2, 0.25) is 0 Å². The lowest BCUT2D eigenvalue weighted by Crippen LogP contribution is -2.54. The molecule has 4 aromatic carbocycles. The largest absolute Gasteiger partial charge is 0.497 e. The summed E-state index contributed by atoms with van der Waals surface area (Å²) in [6.45, 7) is 3.39. The van der Waals surface area contributed by atoms with Crippen molar-refractivity contribution in [3.63, 3.8) is 0 Å². The highest BCUT2D eigenvalue weighted by Gasteiger charge is 2.35. The van der Waals surface area contributed by atoms with Gasteiger partial charge in [0, 0.05) is 19.0 Å². The number of anilines is 1. The quantitative estimate of drug-likeness (QED) is 0.185. The van der Waals surface area contributed by atoms with E-state index in [0.29, 0.717) is 12.2 Å². The van der Waals surface area contributed by atoms with Crippen molar-refractivity contribution >= 4 is 27.5 Å². The number of carbonyl (C=O) groups excluding carboxylic acids is 2. The Kier molecular flexibility index (Phi) is 11.8. The zero-order valence-corrected chi connectivity index (χ0v) is 27.4. The minimum absolute atomic E-state index is 0.0306. The lowest BCUT2D eigenvalue weighted by Gasteiger charge is -2.34. The topological polar surface area (TPSA) is 105 Å². The maximum Gasteiger partial charge on any atom is 0.264 e. The van der Waals surface area contributed by atoms with Crippen LogP contribution >= 0.6 is 0 Å². The molecule has 0 bridgehead atoms. The summed E-state index contributed by atoms with van der Waals surface area (Å²) < 4.78 is 40.4. The lowest BCUT2D eigenvalue weighted by molar-refractivity contribution is -0.140. The third-order valence-electron chi connectivity index (χ3n) is 7.75. The van der Waals surface area contributed by atoms with Gasteiger partial charge in [0.1, 0.15) is 24.1 Å². The van der Waals surface area contributed by atoms with Gasteiger partial charge in [0.2, 0.25) is 11.8 Å². The molecule has 4 rings (SSSR count). The van der Waals surface area contributed by atoms with E-state index in [1.807, 2.05) is 74.5 Å². The number of para-hydroxylation sites is 2. The molecule has 4 aromatic rings. The van der Waals surface area contributed by atoms with Gasteiger partial charge in [-0.2, -0.15) is 0 Å². The van der Waals surface area contributed by atoms with Crippen LogP contribution in [-0.4, -0.2) is 58.0 Å². The smallest absolute Gasteiger partial charge is 0.264 e. The van der Waals surface area contributed by atoms with Crippen molar-refractivity contribution in [2.45, 2.75) is 50.2 Å². The van der Waals surface area contributed by atoms with E-state index in [0.717, 1.165) is 15.4 Å². The van der Waals surface area contributed by atoms with Crippen molar-refractivity contribution in [1.29, 1.82) is 0 Å². The highest BCUT2D eigenvalue weighted by atomic mass is 32.2. The fourth-order valence-electron chi connectivity index (χ4n) is 5.00. The van der Waals surface area contributed by atoms with Crippen molar-refractivity contribution in [2.24, 2.45) is 0 Å². The Hall–Kier alpha value is -4.83. The van der Waals surface area contributed by atoms with E-state index in [-0.39, 0.29) is 41.2 Å². The van der Waals surface area contributed by atoms with Crippen LogP contribution < -0.4 is 19.1 Å². The van der Waals surface area contributed by atoms with Crippen LogP contribution in [-0.2, 0) is 32.6 Å². The molecule has 2 amide bonds. The number of hydrogen-bond acceptors (Lipinski definition) is 6. The van der Waals surface area contributed by atoms with Crippen LogP contribution in [0.1, 0.15) is 31.4 Å². The normalized spacial score (nSPS) is 12.4. The predicted octanol–water partition coefficient (Wildman–Crippen LogP) is 5.45. The molecule has 0 saturated carbocycles. The average molecular weight is 644 g/mol. The molecular formula is C36H41N3O6S. The van der Waals surface area contributed by atoms with Crippen LogP contribution in [0.4, 0.5) is 5.69 Å². The fourth-order valence-corrected chi connectivity index (χ4v) is 6.42. The van der Waals surface area contributed by atoms with E-state index in [4.69, 9.17) is 9.47 Å². The second-order valence-electron chi connectivity index (χ2n) is 10.9. The van der Waals surface area contributed by atoms with Crippen LogP contribution in [0.3, 0.4) is 0 Å². The third kappa shape index (κ3) is 8.45. The third-order valence-corrected chi connectivity index (χ3v) is 9.52. The van der Waals surface area contributed by atoms with Crippen LogP contribution in [0.5, 0.6) is 11.5 Å². The maximum absolute atomic E-state index is 14.6. The summed E-state index contributed by atoms with van der Waals surface area (Å²) >= 11 is 0. The number of ether oxygens (including phenoxy) is 2. The van der Waals surface area contributed by atoms with Crippen molar-refractivity contribution in [2.75, 3.05) is 25.1 Å². The Morgan fingerprint density at radius 3 is 1.96 bits per heavy atom. The van der Waals surface area contributed by atoms with E-state index in [1.165, 1.54) is 31.3 Å². The molecule has 2 atom stereocenters. The standard InChI is InChI=1S/C36H41N3O6S/c1-5-27(2)37-36(41)33(24-28-14-8-6-9-15-28)38(25-29-16-10-7-11-17-29)35(40)26-39(32-18-12-13-19-34(32)45-4)46(42,43)31-22-20-30(44-3)21-23-31/h6-23,27,33H,5,24-26H2,1-4H3,(H,37,41). The number of nitrogens with one attached hydrogen (secondary N) is 1. The van der Waals surface area contributed by atoms with Crippen LogP contribution in [0.25, 0.3) is 0 Å². The number of amides is 2. The predicted molar refractivity (Wildman–Crippen MR) is 179 cm³/mol. The molecule has 0 spiro atoms. The number of methoxy groups -OCH3 is 2. The first kappa shape index (κ1) is 34.1. The fraction of sp³-hybridized carbons (Fsp3) is 0.278. The highest BCUT2D eigenvalue weighted by molar-refractivity contribution is 7.92. The number of nitrogens with zero attached hydrogens (tertiary/aromatic N) is 2. The summed E-state index contributed by atoms with van der Waals surface area (Å²) in [6.07, 6.45) is 0.944. The van der Waals surface area contributed by atoms with E-state index in [1.54, 1.807) is 36.4 Å². The maximum atomic E-state index is 14.6. The van der Waals surface area contributed by atoms with Gasteiger partial charge in [0.15, 0.2) is 0 Å². The molecule has 10 heteroatoms. The van der Waals surface area contributed by atoms with Crippen molar-refractivity contribution < 1.29 is 27.5 Å². The van der Waals surface area contributed by atoms with Gasteiger partial charge < -0.3 is 19.7 Å². The minimum atomic E-state index is -4.29. The summed E-state index contributed by atoms with van der Waals surface area (Å²) in [5.74, 6) is -0.0993. The van der Waals surface area contributed by atoms with E-state index >= 15 is 0 Å². The van der Waals surface area contributed by atoms with Gasteiger partial charge in [-0.3, -0.25) is 13.9 Å². The van der Waals surface area contributed by atoms with Gasteiger partial charge in [-0.1, -0.05) is 79.7 Å². The Morgan fingerprint density at radius 2 is 1.37 bits per heavy atom. The second kappa shape index (κ2) is 15.9. The van der Waals surface area contributed by atoms with Gasteiger partial charge >= 0.3 is 0 Å². The molecule has 0 aliphatic carbocycles. The van der Waals surface area contributed by atoms with Gasteiger partial charge in [0.05, 0.1) is 24.8 Å². The van der Waals surface area contributed by atoms with Crippen LogP contribution in [0, 0.1) is 0 Å². The summed E-state index contributed by atoms with van der Waals surface area (Å²) in [7, 11) is -1.36. The van der Waals surface area contributed by atoms with E-state index < -0.39 is 28.5 Å². The molecule has 0 aliphatic rings. The zero-order valence-electron chi connectivity index (χ0n) is 26.6. The summed E-state index contributed by atoms with van der Waals surface area (Å²) in [5.41, 5.74) is 1.86. The SMILES string of the molecule is CCC(C)NC(=O)C(Cc1ccccc1)N(Cc1ccccc1)C(=O)CN(c1ccccc1OC)S(=O)(=O)c1ccc(OC)cc1. The summed E-state index contributed by atoms with van der Waals surface area (Å²) in [5, 5.41) is 3.04. The molecular weight excluding hydrogens is 602 g/mol. The number of sulfonamides is 1. The van der Waals surface area contributed by atoms with Gasteiger partial charge in [-0.15, -0.1) is 0 Å². The molecule has 2 unspecified atom stereocenters. The summed E-state index contributed by atoms with van der Waals surface area (Å²) in [4.78, 5) is 29.9. The molecule has 0 heterocycles. The Bertz CT molecular complexity index is 1680. The molecule has 0 saturated heterocycles. The molecule has 0 aromatic heterocycles. The molecule has 0 fully saturated rings. The van der Waals surface area contributed by atoms with Crippen molar-refractivity contribution in [3.8, 4) is 11.5 Å². The minimum Gasteiger partial charge on any atom is -0.497 e. The zero-order chi connectivity index (χ0) is 33.1. The Labute approximate surface area is 271 Å². The number of hydrogen-bond donors (Lipinski definition) is 1. The van der Waals surface area contributed by atoms with Crippen molar-refractivity contribution in [3.05, 3.63) is 120 Å². The number of benzene rings is 4. The molecule has 46 heavy (non-hydrogen) atoms. The highest BCUT2D eigenvalue weighted by Crippen LogP contribution is 2.33. The van der Waals surface area contributed by atoms with E-state index in [2.05, 4.69) is 5.32 Å². The van der Waals surface area contributed by atoms with Gasteiger partial charge in [-0.05, 0) is 60.9 Å². The molecule has 0 radical (unpaired) electrons. The number of rotatable bonds is 15. The average Bonchev–Trinajstić information content (AvgIpc) is 3.09. The Morgan fingerprint density at radius 1 is 0.783 bits per heavy atom. The number of carbonyl (C=O) groups is 2. The first-order chi connectivity index (χ1) is 22.2.